The highest BCUT2D eigenvalue weighted by atomic mass is 19.1. The molecule has 5 rings (SSSR count). The molecule has 1 amide bonds. The molecule has 3 N–H and O–H groups in total. The van der Waals surface area contributed by atoms with Crippen LogP contribution in [0, 0.1) is 19.7 Å². The van der Waals surface area contributed by atoms with Gasteiger partial charge in [-0.05, 0) is 49.7 Å². The summed E-state index contributed by atoms with van der Waals surface area (Å²) in [7, 11) is 3.20. The van der Waals surface area contributed by atoms with Crippen LogP contribution < -0.4 is 15.8 Å². The molecule has 0 spiro atoms. The quantitative estimate of drug-likeness (QED) is 0.305. The minimum Gasteiger partial charge on any atom is -0.481 e. The van der Waals surface area contributed by atoms with Gasteiger partial charge in [-0.25, -0.2) is 19.3 Å². The van der Waals surface area contributed by atoms with Gasteiger partial charge in [-0.3, -0.25) is 9.78 Å². The molecule has 1 aliphatic heterocycles. The number of rotatable bonds is 8. The van der Waals surface area contributed by atoms with Gasteiger partial charge in [0.05, 0.1) is 48.0 Å². The number of aryl methyl sites for hydroxylation is 2. The molecule has 216 valence electrons. The van der Waals surface area contributed by atoms with Gasteiger partial charge in [0.1, 0.15) is 5.82 Å². The fourth-order valence-electron chi connectivity index (χ4n) is 4.87. The molecule has 11 nitrogen and oxygen atoms in total. The fourth-order valence-corrected chi connectivity index (χ4v) is 4.87. The van der Waals surface area contributed by atoms with E-state index in [0.717, 1.165) is 17.0 Å². The van der Waals surface area contributed by atoms with E-state index in [0.29, 0.717) is 52.9 Å². The van der Waals surface area contributed by atoms with Crippen molar-refractivity contribution in [3.05, 3.63) is 94.3 Å². The van der Waals surface area contributed by atoms with E-state index in [1.165, 1.54) is 24.1 Å². The number of amides is 1. The van der Waals surface area contributed by atoms with Gasteiger partial charge in [0.25, 0.3) is 5.91 Å². The van der Waals surface area contributed by atoms with Gasteiger partial charge in [0, 0.05) is 30.8 Å². The molecule has 1 aliphatic rings. The first-order valence-electron chi connectivity index (χ1n) is 13.3. The van der Waals surface area contributed by atoms with Gasteiger partial charge < -0.3 is 25.5 Å². The molecule has 0 unspecified atom stereocenters. The summed E-state index contributed by atoms with van der Waals surface area (Å²) in [6.07, 6.45) is 0.412. The third-order valence-corrected chi connectivity index (χ3v) is 6.84. The normalized spacial score (nSPS) is 15.1. The smallest absolute Gasteiger partial charge is 0.263 e. The van der Waals surface area contributed by atoms with E-state index in [9.17, 15) is 9.18 Å². The van der Waals surface area contributed by atoms with Crippen molar-refractivity contribution in [1.82, 2.24) is 30.2 Å². The van der Waals surface area contributed by atoms with E-state index >= 15 is 0 Å². The number of fused-ring (bicyclic) bond motifs is 1. The molecule has 0 aliphatic carbocycles. The van der Waals surface area contributed by atoms with Gasteiger partial charge in [0.2, 0.25) is 11.8 Å². The van der Waals surface area contributed by atoms with Crippen LogP contribution in [-0.2, 0) is 22.6 Å². The average Bonchev–Trinajstić information content (AvgIpc) is 2.96. The minimum atomic E-state index is -0.405. The number of nitrogen functional groups attached to an aromatic ring is 1. The Morgan fingerprint density at radius 3 is 2.71 bits per heavy atom. The van der Waals surface area contributed by atoms with Crippen molar-refractivity contribution in [1.29, 1.82) is 0 Å². The number of pyridine rings is 2. The van der Waals surface area contributed by atoms with Crippen LogP contribution in [0.4, 0.5) is 10.3 Å². The molecular weight excluding hydrogens is 539 g/mol. The first-order valence-corrected chi connectivity index (χ1v) is 13.3. The van der Waals surface area contributed by atoms with Crippen molar-refractivity contribution in [3.63, 3.8) is 0 Å². The summed E-state index contributed by atoms with van der Waals surface area (Å²) in [5.74, 6) is 0.193. The standard InChI is InChI=1S/C30H31FN8O3/c1-17-7-5-8-20(33-17)15-39(3)27(40)16-42-38-29-28-18(2)34-30(32)37-25(28)14-24(36-29)21-12-11-19(31)13-22(21)23-9-6-10-26(35-23)41-4/h5-13,24H,14-16H2,1-4H3,(H,36,38)(H2,32,34,37)/t24-/m1/s1. The molecule has 0 bridgehead atoms. The van der Waals surface area contributed by atoms with Crippen LogP contribution in [0.25, 0.3) is 11.3 Å². The lowest BCUT2D eigenvalue weighted by molar-refractivity contribution is -0.135. The molecule has 1 atom stereocenters. The highest BCUT2D eigenvalue weighted by Gasteiger charge is 2.30. The van der Waals surface area contributed by atoms with E-state index in [1.54, 1.807) is 38.2 Å². The zero-order valence-electron chi connectivity index (χ0n) is 23.8. The Morgan fingerprint density at radius 1 is 1.12 bits per heavy atom. The summed E-state index contributed by atoms with van der Waals surface area (Å²) in [5, 5.41) is 7.67. The van der Waals surface area contributed by atoms with Crippen LogP contribution in [0.2, 0.25) is 0 Å². The molecule has 42 heavy (non-hydrogen) atoms. The van der Waals surface area contributed by atoms with Gasteiger partial charge in [-0.15, -0.1) is 0 Å². The fraction of sp³-hybridized carbons (Fsp3) is 0.267. The number of halogens is 1. The first kappa shape index (κ1) is 28.4. The predicted octanol–water partition coefficient (Wildman–Crippen LogP) is 3.50. The number of likely N-dealkylation sites (N-methyl/N-ethyl adjacent to an activating group) is 1. The van der Waals surface area contributed by atoms with Crippen LogP contribution >= 0.6 is 0 Å². The number of hydrogen-bond donors (Lipinski definition) is 2. The predicted molar refractivity (Wildman–Crippen MR) is 155 cm³/mol. The highest BCUT2D eigenvalue weighted by Crippen LogP contribution is 2.34. The van der Waals surface area contributed by atoms with Crippen LogP contribution in [0.3, 0.4) is 0 Å². The van der Waals surface area contributed by atoms with Crippen LogP contribution in [0.15, 0.2) is 59.8 Å². The number of benzene rings is 1. The Bertz CT molecular complexity index is 1660. The lowest BCUT2D eigenvalue weighted by Crippen LogP contribution is -2.38. The topological polar surface area (TPSA) is 141 Å². The van der Waals surface area contributed by atoms with Crippen molar-refractivity contribution >= 4 is 17.7 Å². The zero-order valence-corrected chi connectivity index (χ0v) is 23.8. The number of aromatic nitrogens is 4. The van der Waals surface area contributed by atoms with Crippen LogP contribution in [0.5, 0.6) is 5.88 Å². The molecule has 12 heteroatoms. The number of nitrogens with two attached hydrogens (primary N) is 1. The van der Waals surface area contributed by atoms with E-state index in [4.69, 9.17) is 15.3 Å². The number of anilines is 1. The molecule has 3 aromatic heterocycles. The number of nitrogens with one attached hydrogen (secondary N) is 1. The number of carbonyl (C=O) groups excluding carboxylic acids is 1. The van der Waals surface area contributed by atoms with E-state index in [1.807, 2.05) is 25.1 Å². The number of ether oxygens (including phenoxy) is 1. The first-order chi connectivity index (χ1) is 20.2. The summed E-state index contributed by atoms with van der Waals surface area (Å²) >= 11 is 0. The summed E-state index contributed by atoms with van der Waals surface area (Å²) in [6, 6.07) is 15.1. The van der Waals surface area contributed by atoms with Gasteiger partial charge >= 0.3 is 0 Å². The third-order valence-electron chi connectivity index (χ3n) is 6.84. The monoisotopic (exact) mass is 570 g/mol. The van der Waals surface area contributed by atoms with Gasteiger partial charge in [0.15, 0.2) is 12.4 Å². The SMILES string of the molecule is COc1cccc(-c2cc(F)ccc2[C@H]2Cc3nc(N)nc(C)c3/C(=N/OCC(=O)N(C)Cc3cccc(C)n3)N2)n1. The zero-order chi connectivity index (χ0) is 29.8. The molecule has 0 radical (unpaired) electrons. The van der Waals surface area contributed by atoms with E-state index in [-0.39, 0.29) is 18.5 Å². The van der Waals surface area contributed by atoms with Crippen LogP contribution in [0.1, 0.15) is 39.9 Å². The number of methoxy groups -OCH3 is 1. The Hall–Kier alpha value is -5.13. The van der Waals surface area contributed by atoms with Gasteiger partial charge in [-0.2, -0.15) is 0 Å². The molecule has 0 saturated heterocycles. The van der Waals surface area contributed by atoms with E-state index < -0.39 is 11.9 Å². The average molecular weight is 571 g/mol. The third kappa shape index (κ3) is 6.27. The Labute approximate surface area is 242 Å². The van der Waals surface area contributed by atoms with Crippen molar-refractivity contribution in [3.8, 4) is 17.1 Å². The number of hydrogen-bond acceptors (Lipinski definition) is 9. The summed E-state index contributed by atoms with van der Waals surface area (Å²) in [5.41, 5.74) is 11.4. The number of amidine groups is 1. The van der Waals surface area contributed by atoms with Crippen molar-refractivity contribution < 1.29 is 18.8 Å². The van der Waals surface area contributed by atoms with E-state index in [2.05, 4.69) is 30.4 Å². The number of carbonyl (C=O) groups is 1. The Balaban J connectivity index is 1.42. The molecule has 0 fully saturated rings. The Morgan fingerprint density at radius 2 is 1.93 bits per heavy atom. The second-order valence-corrected chi connectivity index (χ2v) is 9.92. The van der Waals surface area contributed by atoms with Crippen molar-refractivity contribution in [2.45, 2.75) is 32.9 Å². The minimum absolute atomic E-state index is 0.127. The number of oxime groups is 1. The second kappa shape index (κ2) is 12.2. The maximum atomic E-state index is 14.5. The summed E-state index contributed by atoms with van der Waals surface area (Å²) < 4.78 is 19.7. The van der Waals surface area contributed by atoms with Crippen LogP contribution in [-0.4, -0.2) is 57.3 Å². The Kier molecular flexibility index (Phi) is 8.23. The summed E-state index contributed by atoms with van der Waals surface area (Å²) in [6.45, 7) is 3.74. The molecule has 4 heterocycles. The number of nitrogens with zero attached hydrogens (tertiary/aromatic N) is 6. The molecule has 0 saturated carbocycles. The van der Waals surface area contributed by atoms with Gasteiger partial charge in [-0.1, -0.05) is 23.4 Å². The lowest BCUT2D eigenvalue weighted by Gasteiger charge is -2.29. The second-order valence-electron chi connectivity index (χ2n) is 9.92. The molecule has 1 aromatic carbocycles. The van der Waals surface area contributed by atoms with Crippen molar-refractivity contribution in [2.24, 2.45) is 5.16 Å². The molecule has 4 aromatic rings. The molecular formula is C30H31FN8O3. The lowest BCUT2D eigenvalue weighted by atomic mass is 9.90. The highest BCUT2D eigenvalue weighted by molar-refractivity contribution is 6.01. The summed E-state index contributed by atoms with van der Waals surface area (Å²) in [4.78, 5) is 37.6. The largest absolute Gasteiger partial charge is 0.481 e. The van der Waals surface area contributed by atoms with Crippen molar-refractivity contribution in [2.75, 3.05) is 26.5 Å². The maximum absolute atomic E-state index is 14.5. The maximum Gasteiger partial charge on any atom is 0.263 e.